The van der Waals surface area contributed by atoms with E-state index in [0.717, 1.165) is 75.5 Å². The Morgan fingerprint density at radius 2 is 1.56 bits per heavy atom. The molecule has 1 aliphatic carbocycles. The van der Waals surface area contributed by atoms with Crippen LogP contribution in [-0.4, -0.2) is 48.3 Å². The Hall–Kier alpha value is -2.42. The normalized spacial score (nSPS) is 18.0. The van der Waals surface area contributed by atoms with Gasteiger partial charge in [-0.1, -0.05) is 59.7 Å². The van der Waals surface area contributed by atoms with Crippen LogP contribution < -0.4 is 0 Å². The van der Waals surface area contributed by atoms with Crippen LogP contribution in [0.15, 0.2) is 65.9 Å². The maximum Gasteiger partial charge on any atom is 0.165 e. The van der Waals surface area contributed by atoms with Gasteiger partial charge in [0.2, 0.25) is 0 Å². The number of fused-ring (bicyclic) bond motifs is 1. The van der Waals surface area contributed by atoms with Gasteiger partial charge in [0.25, 0.3) is 0 Å². The first-order chi connectivity index (χ1) is 19.1. The van der Waals surface area contributed by atoms with Gasteiger partial charge in [-0.15, -0.1) is 24.8 Å². The highest BCUT2D eigenvalue weighted by atomic mass is 35.5. The van der Waals surface area contributed by atoms with Crippen molar-refractivity contribution in [2.24, 2.45) is 5.92 Å². The summed E-state index contributed by atoms with van der Waals surface area (Å²) in [5.41, 5.74) is 8.70. The Bertz CT molecular complexity index is 1250. The highest BCUT2D eigenvalue weighted by Crippen LogP contribution is 2.26. The molecule has 0 radical (unpaired) electrons. The first-order valence-electron chi connectivity index (χ1n) is 15.0. The summed E-state index contributed by atoms with van der Waals surface area (Å²) in [7, 11) is 0. The zero-order valence-corrected chi connectivity index (χ0v) is 26.1. The van der Waals surface area contributed by atoms with E-state index in [4.69, 9.17) is 6.57 Å². The molecule has 6 heteroatoms. The Morgan fingerprint density at radius 1 is 0.854 bits per heavy atom. The molecule has 0 N–H and O–H groups in total. The number of hydrogen-bond donors (Lipinski definition) is 0. The molecule has 5 rings (SSSR count). The number of ketones is 1. The minimum Gasteiger partial charge on any atom is -0.299 e. The number of likely N-dealkylation sites (tertiary alicyclic amines) is 1. The van der Waals surface area contributed by atoms with Crippen LogP contribution in [-0.2, 0) is 19.4 Å². The van der Waals surface area contributed by atoms with Gasteiger partial charge in [-0.25, -0.2) is 4.85 Å². The fourth-order valence-corrected chi connectivity index (χ4v) is 6.37. The second-order valence-corrected chi connectivity index (χ2v) is 11.9. The predicted octanol–water partition coefficient (Wildman–Crippen LogP) is 8.03. The van der Waals surface area contributed by atoms with Crippen LogP contribution in [0, 0.1) is 19.4 Å². The highest BCUT2D eigenvalue weighted by Gasteiger charge is 2.21. The van der Waals surface area contributed by atoms with E-state index in [2.05, 4.69) is 70.1 Å². The fraction of sp³-hybridized carbons (Fsp3) is 0.486. The molecule has 0 saturated carbocycles. The van der Waals surface area contributed by atoms with Crippen molar-refractivity contribution in [1.29, 1.82) is 0 Å². The van der Waals surface area contributed by atoms with Crippen molar-refractivity contribution >= 4 is 30.6 Å². The minimum absolute atomic E-state index is 0. The third kappa shape index (κ3) is 9.55. The van der Waals surface area contributed by atoms with E-state index in [1.807, 2.05) is 6.08 Å². The van der Waals surface area contributed by atoms with Gasteiger partial charge < -0.3 is 0 Å². The highest BCUT2D eigenvalue weighted by molar-refractivity contribution is 5.96. The molecule has 41 heavy (non-hydrogen) atoms. The summed E-state index contributed by atoms with van der Waals surface area (Å²) in [6, 6.07) is 15.4. The molecule has 2 heterocycles. The number of Topliss-reactive ketones (excluding diaryl/α,β-unsaturated/α-hetero) is 1. The van der Waals surface area contributed by atoms with Crippen molar-refractivity contribution in [1.82, 2.24) is 9.80 Å². The molecule has 1 fully saturated rings. The van der Waals surface area contributed by atoms with Crippen LogP contribution in [0.4, 0.5) is 0 Å². The minimum atomic E-state index is 0. The predicted molar refractivity (Wildman–Crippen MR) is 174 cm³/mol. The molecule has 1 saturated heterocycles. The lowest BCUT2D eigenvalue weighted by Crippen LogP contribution is -2.33. The van der Waals surface area contributed by atoms with Crippen molar-refractivity contribution in [3.8, 4) is 0 Å². The number of benzene rings is 2. The molecule has 2 aromatic rings. The standard InChI is InChI=1S/C35H43N3O.2ClH/c1-27-6-8-29(9-7-27)25-37-20-16-28(17-21-37)4-3-5-35(39)33-13-12-31-18-22-38(23-19-32(31)24-33)26-30-10-14-34(36-2)15-11-30;;/h6-10,12-14,24,28H,3-5,11,15-23,25-26H2,1H3;2*1H. The molecule has 220 valence electrons. The number of carbonyl (C=O) groups is 1. The number of hydrogen-bond acceptors (Lipinski definition) is 3. The topological polar surface area (TPSA) is 27.9 Å². The fourth-order valence-electron chi connectivity index (χ4n) is 6.37. The Balaban J connectivity index is 0.00000231. The number of nitrogens with zero attached hydrogens (tertiary/aromatic N) is 3. The maximum atomic E-state index is 13.1. The second kappa shape index (κ2) is 16.3. The third-order valence-corrected chi connectivity index (χ3v) is 8.96. The van der Waals surface area contributed by atoms with E-state index in [9.17, 15) is 4.79 Å². The van der Waals surface area contributed by atoms with Crippen molar-refractivity contribution in [3.63, 3.8) is 0 Å². The summed E-state index contributed by atoms with van der Waals surface area (Å²) in [4.78, 5) is 21.8. The first kappa shape index (κ1) is 33.1. The molecule has 0 unspecified atom stereocenters. The summed E-state index contributed by atoms with van der Waals surface area (Å²) in [6.07, 6.45) is 13.4. The average molecular weight is 595 g/mol. The van der Waals surface area contributed by atoms with E-state index in [1.165, 1.54) is 60.2 Å². The molecule has 4 nitrogen and oxygen atoms in total. The smallest absolute Gasteiger partial charge is 0.165 e. The maximum absolute atomic E-state index is 13.1. The van der Waals surface area contributed by atoms with E-state index in [1.54, 1.807) is 0 Å². The second-order valence-electron chi connectivity index (χ2n) is 11.9. The summed E-state index contributed by atoms with van der Waals surface area (Å²) in [5.74, 6) is 1.07. The molecule has 0 amide bonds. The first-order valence-corrected chi connectivity index (χ1v) is 15.0. The largest absolute Gasteiger partial charge is 0.299 e. The van der Waals surface area contributed by atoms with Gasteiger partial charge in [0, 0.05) is 38.2 Å². The molecule has 3 aliphatic rings. The quantitative estimate of drug-likeness (QED) is 0.217. The van der Waals surface area contributed by atoms with E-state index < -0.39 is 0 Å². The van der Waals surface area contributed by atoms with Crippen LogP contribution >= 0.6 is 24.8 Å². The zero-order valence-electron chi connectivity index (χ0n) is 24.4. The van der Waals surface area contributed by atoms with Crippen molar-refractivity contribution in [2.45, 2.75) is 71.3 Å². The van der Waals surface area contributed by atoms with Crippen LogP contribution in [0.5, 0.6) is 0 Å². The van der Waals surface area contributed by atoms with Crippen molar-refractivity contribution < 1.29 is 4.79 Å². The van der Waals surface area contributed by atoms with Gasteiger partial charge in [-0.2, -0.15) is 0 Å². The van der Waals surface area contributed by atoms with Crippen LogP contribution in [0.1, 0.15) is 77.6 Å². The Morgan fingerprint density at radius 3 is 2.24 bits per heavy atom. The number of carbonyl (C=O) groups excluding carboxylic acids is 1. The van der Waals surface area contributed by atoms with E-state index in [0.29, 0.717) is 12.2 Å². The summed E-state index contributed by atoms with van der Waals surface area (Å²) in [6.45, 7) is 15.8. The molecule has 0 bridgehead atoms. The van der Waals surface area contributed by atoms with E-state index >= 15 is 0 Å². The number of piperidine rings is 1. The molecule has 2 aliphatic heterocycles. The lowest BCUT2D eigenvalue weighted by Gasteiger charge is -2.32. The van der Waals surface area contributed by atoms with Crippen LogP contribution in [0.3, 0.4) is 0 Å². The van der Waals surface area contributed by atoms with E-state index in [-0.39, 0.29) is 24.8 Å². The van der Waals surface area contributed by atoms with Gasteiger partial charge in [0.05, 0.1) is 6.57 Å². The number of aryl methyl sites for hydroxylation is 1. The lowest BCUT2D eigenvalue weighted by molar-refractivity contribution is 0.0974. The number of halogens is 2. The summed E-state index contributed by atoms with van der Waals surface area (Å²) < 4.78 is 0. The summed E-state index contributed by atoms with van der Waals surface area (Å²) >= 11 is 0. The zero-order chi connectivity index (χ0) is 27.0. The summed E-state index contributed by atoms with van der Waals surface area (Å²) in [5, 5.41) is 0. The molecule has 0 aromatic heterocycles. The Kier molecular flexibility index (Phi) is 13.1. The number of rotatable bonds is 9. The van der Waals surface area contributed by atoms with Crippen molar-refractivity contribution in [3.05, 3.63) is 105 Å². The third-order valence-electron chi connectivity index (χ3n) is 8.96. The molecule has 0 spiro atoms. The monoisotopic (exact) mass is 593 g/mol. The molecular formula is C35H45Cl2N3O. The molecule has 2 aromatic carbocycles. The Labute approximate surface area is 259 Å². The van der Waals surface area contributed by atoms with Crippen molar-refractivity contribution in [2.75, 3.05) is 32.7 Å². The SMILES string of the molecule is Cl.Cl.[C-]#[N+]C1=CC=C(CN2CCc3ccc(C(=O)CCCC4CCN(Cc5ccc(C)cc5)CC4)cc3CC2)CC1. The van der Waals surface area contributed by atoms with Gasteiger partial charge in [-0.3, -0.25) is 14.6 Å². The van der Waals surface area contributed by atoms with Gasteiger partial charge >= 0.3 is 0 Å². The van der Waals surface area contributed by atoms with Crippen LogP contribution in [0.2, 0.25) is 0 Å². The number of allylic oxidation sites excluding steroid dienone is 3. The average Bonchev–Trinajstić information content (AvgIpc) is 3.17. The molecular weight excluding hydrogens is 549 g/mol. The van der Waals surface area contributed by atoms with Crippen LogP contribution in [0.25, 0.3) is 4.85 Å². The van der Waals surface area contributed by atoms with Gasteiger partial charge in [0.15, 0.2) is 11.5 Å². The molecule has 0 atom stereocenters. The van der Waals surface area contributed by atoms with Gasteiger partial charge in [0.1, 0.15) is 0 Å². The van der Waals surface area contributed by atoms with Gasteiger partial charge in [-0.05, 0) is 100 Å². The lowest BCUT2D eigenvalue weighted by atomic mass is 9.90.